The van der Waals surface area contributed by atoms with Gasteiger partial charge in [-0.3, -0.25) is 0 Å². The van der Waals surface area contributed by atoms with Gasteiger partial charge in [0, 0.05) is 0 Å². The molecule has 0 saturated heterocycles. The lowest BCUT2D eigenvalue weighted by Crippen LogP contribution is -2.47. The van der Waals surface area contributed by atoms with Gasteiger partial charge in [-0.15, -0.1) is 0 Å². The summed E-state index contributed by atoms with van der Waals surface area (Å²) >= 11 is 0. The highest BCUT2D eigenvalue weighted by Crippen LogP contribution is 2.26. The van der Waals surface area contributed by atoms with Crippen molar-refractivity contribution >= 4 is 5.97 Å². The molecule has 0 aliphatic heterocycles. The van der Waals surface area contributed by atoms with Crippen molar-refractivity contribution in [3.8, 4) is 5.75 Å². The smallest absolute Gasteiger partial charge is 0.342 e. The highest BCUT2D eigenvalue weighted by atomic mass is 16.5. The fourth-order valence-corrected chi connectivity index (χ4v) is 2.87. The van der Waals surface area contributed by atoms with Crippen LogP contribution in [0.4, 0.5) is 0 Å². The van der Waals surface area contributed by atoms with Crippen molar-refractivity contribution in [2.24, 2.45) is 0 Å². The molecule has 0 N–H and O–H groups in total. The van der Waals surface area contributed by atoms with Gasteiger partial charge in [0.25, 0.3) is 0 Å². The molecule has 0 fully saturated rings. The van der Waals surface area contributed by atoms with Crippen LogP contribution in [0.1, 0.15) is 42.8 Å². The van der Waals surface area contributed by atoms with Crippen LogP contribution in [0.15, 0.2) is 54.6 Å². The van der Waals surface area contributed by atoms with Crippen molar-refractivity contribution in [3.05, 3.63) is 65.7 Å². The van der Waals surface area contributed by atoms with Crippen LogP contribution in [0.5, 0.6) is 5.75 Å². The molecule has 4 heteroatoms. The maximum atomic E-state index is 12.9. The van der Waals surface area contributed by atoms with Gasteiger partial charge in [-0.2, -0.15) is 0 Å². The quantitative estimate of drug-likeness (QED) is 0.491. The van der Waals surface area contributed by atoms with E-state index in [1.165, 1.54) is 0 Å². The van der Waals surface area contributed by atoms with Gasteiger partial charge in [-0.25, -0.2) is 4.79 Å². The van der Waals surface area contributed by atoms with Gasteiger partial charge >= 0.3 is 5.97 Å². The van der Waals surface area contributed by atoms with Gasteiger partial charge < -0.3 is 14.0 Å². The number of carbonyl (C=O) groups is 1. The SMILES string of the molecule is CCOc1ccccc1C(=O)OC(C[N+](C)(CC)CC)c1ccccc1. The monoisotopic (exact) mass is 356 g/mol. The number of benzene rings is 2. The second-order valence-electron chi connectivity index (χ2n) is 6.67. The van der Waals surface area contributed by atoms with E-state index >= 15 is 0 Å². The summed E-state index contributed by atoms with van der Waals surface area (Å²) in [4.78, 5) is 12.9. The van der Waals surface area contributed by atoms with Gasteiger partial charge in [0.2, 0.25) is 0 Å². The van der Waals surface area contributed by atoms with Gasteiger partial charge in [-0.1, -0.05) is 42.5 Å². The van der Waals surface area contributed by atoms with E-state index < -0.39 is 0 Å². The van der Waals surface area contributed by atoms with Crippen LogP contribution in [0, 0.1) is 0 Å². The molecule has 0 saturated carbocycles. The third-order valence-corrected chi connectivity index (χ3v) is 4.96. The molecule has 1 atom stereocenters. The summed E-state index contributed by atoms with van der Waals surface area (Å²) in [5.41, 5.74) is 1.48. The van der Waals surface area contributed by atoms with E-state index in [0.29, 0.717) is 17.9 Å². The molecule has 1 unspecified atom stereocenters. The van der Waals surface area contributed by atoms with Crippen LogP contribution in [0.3, 0.4) is 0 Å². The summed E-state index contributed by atoms with van der Waals surface area (Å²) in [6.07, 6.45) is -0.303. The molecule has 2 aromatic rings. The van der Waals surface area contributed by atoms with Crippen LogP contribution in [0.25, 0.3) is 0 Å². The van der Waals surface area contributed by atoms with E-state index in [1.807, 2.05) is 49.4 Å². The van der Waals surface area contributed by atoms with Crippen LogP contribution in [0.2, 0.25) is 0 Å². The van der Waals surface area contributed by atoms with Crippen molar-refractivity contribution in [2.75, 3.05) is 33.3 Å². The Hall–Kier alpha value is -2.33. The summed E-state index contributed by atoms with van der Waals surface area (Å²) in [5, 5.41) is 0. The van der Waals surface area contributed by atoms with Gasteiger partial charge in [-0.05, 0) is 38.5 Å². The topological polar surface area (TPSA) is 35.5 Å². The van der Waals surface area contributed by atoms with Crippen molar-refractivity contribution in [3.63, 3.8) is 0 Å². The highest BCUT2D eigenvalue weighted by molar-refractivity contribution is 5.92. The number of nitrogens with zero attached hydrogens (tertiary/aromatic N) is 1. The normalized spacial score (nSPS) is 12.5. The number of hydrogen-bond donors (Lipinski definition) is 0. The Balaban J connectivity index is 2.28. The van der Waals surface area contributed by atoms with E-state index in [9.17, 15) is 4.79 Å². The lowest BCUT2D eigenvalue weighted by molar-refractivity contribution is -0.909. The summed E-state index contributed by atoms with van der Waals surface area (Å²) in [6.45, 7) is 9.43. The highest BCUT2D eigenvalue weighted by Gasteiger charge is 2.28. The molecule has 2 rings (SSSR count). The maximum Gasteiger partial charge on any atom is 0.342 e. The fourth-order valence-electron chi connectivity index (χ4n) is 2.87. The lowest BCUT2D eigenvalue weighted by atomic mass is 10.1. The second-order valence-corrected chi connectivity index (χ2v) is 6.67. The first kappa shape index (κ1) is 20.0. The molecule has 0 amide bonds. The number of para-hydroxylation sites is 1. The number of quaternary nitrogens is 1. The molecule has 4 nitrogen and oxygen atoms in total. The third kappa shape index (κ3) is 5.09. The van der Waals surface area contributed by atoms with Crippen molar-refractivity contribution in [1.29, 1.82) is 0 Å². The van der Waals surface area contributed by atoms with Crippen LogP contribution in [-0.2, 0) is 4.74 Å². The Morgan fingerprint density at radius 2 is 1.58 bits per heavy atom. The lowest BCUT2D eigenvalue weighted by Gasteiger charge is -2.35. The standard InChI is InChI=1S/C22H30NO3/c1-5-23(4,6-2)17-21(18-13-9-8-10-14-18)26-22(24)19-15-11-12-16-20(19)25-7-3/h8-16,21H,5-7,17H2,1-4H3/q+1. The Bertz CT molecular complexity index is 696. The molecule has 0 spiro atoms. The average molecular weight is 356 g/mol. The second kappa shape index (κ2) is 9.39. The van der Waals surface area contributed by atoms with Crippen molar-refractivity contribution in [1.82, 2.24) is 0 Å². The van der Waals surface area contributed by atoms with Crippen LogP contribution < -0.4 is 4.74 Å². The number of carbonyl (C=O) groups excluding carboxylic acids is 1. The van der Waals surface area contributed by atoms with E-state index in [1.54, 1.807) is 12.1 Å². The van der Waals surface area contributed by atoms with Gasteiger partial charge in [0.15, 0.2) is 6.10 Å². The Morgan fingerprint density at radius 1 is 0.962 bits per heavy atom. The molecule has 0 bridgehead atoms. The zero-order chi connectivity index (χ0) is 19.0. The Morgan fingerprint density at radius 3 is 2.19 bits per heavy atom. The minimum Gasteiger partial charge on any atom is -0.493 e. The van der Waals surface area contributed by atoms with Crippen molar-refractivity contribution < 1.29 is 18.8 Å². The molecular formula is C22H30NO3+. The Labute approximate surface area is 156 Å². The van der Waals surface area contributed by atoms with Gasteiger partial charge in [0.05, 0.1) is 26.7 Å². The molecule has 0 aromatic heterocycles. The van der Waals surface area contributed by atoms with E-state index in [2.05, 4.69) is 20.9 Å². The van der Waals surface area contributed by atoms with E-state index in [4.69, 9.17) is 9.47 Å². The molecule has 0 aliphatic rings. The van der Waals surface area contributed by atoms with Crippen LogP contribution >= 0.6 is 0 Å². The van der Waals surface area contributed by atoms with E-state index in [-0.39, 0.29) is 12.1 Å². The number of likely N-dealkylation sites (N-methyl/N-ethyl adjacent to an activating group) is 1. The zero-order valence-corrected chi connectivity index (χ0v) is 16.3. The molecule has 0 radical (unpaired) electrons. The number of hydrogen-bond acceptors (Lipinski definition) is 3. The predicted octanol–water partition coefficient (Wildman–Crippen LogP) is 4.47. The van der Waals surface area contributed by atoms with Crippen molar-refractivity contribution in [2.45, 2.75) is 26.9 Å². The molecule has 0 heterocycles. The maximum absolute atomic E-state index is 12.9. The summed E-state index contributed by atoms with van der Waals surface area (Å²) in [7, 11) is 2.19. The first-order chi connectivity index (χ1) is 12.5. The summed E-state index contributed by atoms with van der Waals surface area (Å²) in [5.74, 6) is 0.219. The Kier molecular flexibility index (Phi) is 7.22. The number of esters is 1. The molecule has 0 aliphatic carbocycles. The first-order valence-corrected chi connectivity index (χ1v) is 9.34. The third-order valence-electron chi connectivity index (χ3n) is 4.96. The van der Waals surface area contributed by atoms with Gasteiger partial charge in [0.1, 0.15) is 17.9 Å². The number of ether oxygens (including phenoxy) is 2. The minimum atomic E-state index is -0.346. The minimum absolute atomic E-state index is 0.303. The molecular weight excluding hydrogens is 326 g/mol. The van der Waals surface area contributed by atoms with Crippen LogP contribution in [-0.4, -0.2) is 43.7 Å². The largest absolute Gasteiger partial charge is 0.493 e. The average Bonchev–Trinajstić information content (AvgIpc) is 2.68. The fraction of sp³-hybridized carbons (Fsp3) is 0.409. The summed E-state index contributed by atoms with van der Waals surface area (Å²) in [6, 6.07) is 17.2. The molecule has 26 heavy (non-hydrogen) atoms. The summed E-state index contributed by atoms with van der Waals surface area (Å²) < 4.78 is 12.4. The molecule has 2 aromatic carbocycles. The first-order valence-electron chi connectivity index (χ1n) is 9.34. The molecule has 140 valence electrons. The number of rotatable bonds is 9. The van der Waals surface area contributed by atoms with E-state index in [0.717, 1.165) is 29.7 Å². The zero-order valence-electron chi connectivity index (χ0n) is 16.3. The predicted molar refractivity (Wildman–Crippen MR) is 104 cm³/mol.